The van der Waals surface area contributed by atoms with Crippen molar-refractivity contribution in [2.75, 3.05) is 0 Å². The van der Waals surface area contributed by atoms with Crippen LogP contribution < -0.4 is 0 Å². The average molecular weight is 260 g/mol. The Bertz CT molecular complexity index is 611. The fourth-order valence-corrected chi connectivity index (χ4v) is 2.68. The van der Waals surface area contributed by atoms with Crippen LogP contribution in [0.1, 0.15) is 25.7 Å². The van der Waals surface area contributed by atoms with Crippen molar-refractivity contribution in [1.82, 2.24) is 0 Å². The molecule has 92 valence electrons. The first-order chi connectivity index (χ1) is 8.56. The first-order valence-electron chi connectivity index (χ1n) is 5.61. The number of ketones is 1. The van der Waals surface area contributed by atoms with Gasteiger partial charge < -0.3 is 0 Å². The standard InChI is InChI=1S/C15H13FOS/c1-10-8-14(11(2)18-10)15(17)7-6-12-4-3-5-13(16)9-12/h3-9H,1-2H3/b7-6+. The van der Waals surface area contributed by atoms with E-state index in [1.807, 2.05) is 19.9 Å². The molecule has 0 saturated carbocycles. The summed E-state index contributed by atoms with van der Waals surface area (Å²) in [5.74, 6) is -0.340. The zero-order valence-electron chi connectivity index (χ0n) is 10.2. The van der Waals surface area contributed by atoms with Crippen LogP contribution in [-0.2, 0) is 0 Å². The number of allylic oxidation sites excluding steroid dienone is 1. The molecule has 1 heterocycles. The van der Waals surface area contributed by atoms with E-state index in [0.29, 0.717) is 5.56 Å². The first kappa shape index (κ1) is 12.7. The molecular weight excluding hydrogens is 247 g/mol. The zero-order chi connectivity index (χ0) is 13.1. The van der Waals surface area contributed by atoms with E-state index in [0.717, 1.165) is 15.3 Å². The van der Waals surface area contributed by atoms with Crippen molar-refractivity contribution in [3.8, 4) is 0 Å². The van der Waals surface area contributed by atoms with Crippen molar-refractivity contribution in [2.24, 2.45) is 0 Å². The summed E-state index contributed by atoms with van der Waals surface area (Å²) in [5.41, 5.74) is 1.41. The van der Waals surface area contributed by atoms with Crippen LogP contribution in [0.2, 0.25) is 0 Å². The fourth-order valence-electron chi connectivity index (χ4n) is 1.75. The quantitative estimate of drug-likeness (QED) is 0.590. The van der Waals surface area contributed by atoms with Crippen molar-refractivity contribution in [2.45, 2.75) is 13.8 Å². The summed E-state index contributed by atoms with van der Waals surface area (Å²) < 4.78 is 13.0. The number of carbonyl (C=O) groups excluding carboxylic acids is 1. The second-order valence-electron chi connectivity index (χ2n) is 4.08. The maximum atomic E-state index is 13.0. The predicted octanol–water partition coefficient (Wildman–Crippen LogP) is 4.40. The molecule has 3 heteroatoms. The third kappa shape index (κ3) is 2.93. The van der Waals surface area contributed by atoms with E-state index in [-0.39, 0.29) is 11.6 Å². The molecule has 0 fully saturated rings. The molecule has 0 atom stereocenters. The molecule has 2 aromatic rings. The lowest BCUT2D eigenvalue weighted by molar-refractivity contribution is 0.104. The minimum Gasteiger partial charge on any atom is -0.289 e. The molecule has 18 heavy (non-hydrogen) atoms. The largest absolute Gasteiger partial charge is 0.289 e. The second kappa shape index (κ2) is 5.27. The third-order valence-corrected chi connectivity index (χ3v) is 3.55. The number of carbonyl (C=O) groups is 1. The summed E-state index contributed by atoms with van der Waals surface area (Å²) in [6.45, 7) is 3.91. The van der Waals surface area contributed by atoms with E-state index in [9.17, 15) is 9.18 Å². The Morgan fingerprint density at radius 2 is 2.06 bits per heavy atom. The minimum absolute atomic E-state index is 0.0406. The van der Waals surface area contributed by atoms with Crippen molar-refractivity contribution in [1.29, 1.82) is 0 Å². The fraction of sp³-hybridized carbons (Fsp3) is 0.133. The molecule has 0 spiro atoms. The lowest BCUT2D eigenvalue weighted by Crippen LogP contribution is -1.93. The van der Waals surface area contributed by atoms with Crippen LogP contribution in [0.3, 0.4) is 0 Å². The van der Waals surface area contributed by atoms with Crippen molar-refractivity contribution < 1.29 is 9.18 Å². The normalized spacial score (nSPS) is 11.1. The highest BCUT2D eigenvalue weighted by molar-refractivity contribution is 7.12. The van der Waals surface area contributed by atoms with Crippen molar-refractivity contribution >= 4 is 23.2 Å². The third-order valence-electron chi connectivity index (χ3n) is 2.58. The van der Waals surface area contributed by atoms with E-state index >= 15 is 0 Å². The monoisotopic (exact) mass is 260 g/mol. The molecular formula is C15H13FOS. The number of halogens is 1. The van der Waals surface area contributed by atoms with E-state index < -0.39 is 0 Å². The molecule has 0 amide bonds. The van der Waals surface area contributed by atoms with Crippen LogP contribution in [0.4, 0.5) is 4.39 Å². The van der Waals surface area contributed by atoms with Gasteiger partial charge in [0.15, 0.2) is 5.78 Å². The molecule has 0 N–H and O–H groups in total. The lowest BCUT2D eigenvalue weighted by Gasteiger charge is -1.94. The zero-order valence-corrected chi connectivity index (χ0v) is 11.1. The van der Waals surface area contributed by atoms with Crippen LogP contribution in [0, 0.1) is 19.7 Å². The summed E-state index contributed by atoms with van der Waals surface area (Å²) in [4.78, 5) is 14.1. The number of hydrogen-bond acceptors (Lipinski definition) is 2. The smallest absolute Gasteiger partial charge is 0.186 e. The Labute approximate surface area is 110 Å². The maximum absolute atomic E-state index is 13.0. The molecule has 1 aromatic heterocycles. The van der Waals surface area contributed by atoms with Crippen molar-refractivity contribution in [3.63, 3.8) is 0 Å². The Hall–Kier alpha value is -1.74. The van der Waals surface area contributed by atoms with E-state index in [1.165, 1.54) is 18.2 Å². The van der Waals surface area contributed by atoms with Gasteiger partial charge in [-0.3, -0.25) is 4.79 Å². The van der Waals surface area contributed by atoms with Gasteiger partial charge >= 0.3 is 0 Å². The summed E-state index contributed by atoms with van der Waals surface area (Å²) in [6.07, 6.45) is 3.13. The topological polar surface area (TPSA) is 17.1 Å². The second-order valence-corrected chi connectivity index (χ2v) is 5.54. The van der Waals surface area contributed by atoms with Gasteiger partial charge in [0.05, 0.1) is 0 Å². The minimum atomic E-state index is -0.299. The van der Waals surface area contributed by atoms with Gasteiger partial charge in [-0.25, -0.2) is 4.39 Å². The Morgan fingerprint density at radius 3 is 2.67 bits per heavy atom. The lowest BCUT2D eigenvalue weighted by atomic mass is 10.1. The molecule has 0 saturated heterocycles. The van der Waals surface area contributed by atoms with Gasteiger partial charge in [-0.2, -0.15) is 0 Å². The number of benzene rings is 1. The molecule has 0 aliphatic heterocycles. The first-order valence-corrected chi connectivity index (χ1v) is 6.43. The highest BCUT2D eigenvalue weighted by Crippen LogP contribution is 2.21. The van der Waals surface area contributed by atoms with Crippen LogP contribution in [0.25, 0.3) is 6.08 Å². The molecule has 0 bridgehead atoms. The SMILES string of the molecule is Cc1cc(C(=O)/C=C/c2cccc(F)c2)c(C)s1. The van der Waals surface area contributed by atoms with Crippen LogP contribution in [0.5, 0.6) is 0 Å². The molecule has 0 aliphatic rings. The predicted molar refractivity (Wildman–Crippen MR) is 73.6 cm³/mol. The Morgan fingerprint density at radius 1 is 1.28 bits per heavy atom. The summed E-state index contributed by atoms with van der Waals surface area (Å²) >= 11 is 1.61. The number of rotatable bonds is 3. The summed E-state index contributed by atoms with van der Waals surface area (Å²) in [5, 5.41) is 0. The van der Waals surface area contributed by atoms with Crippen molar-refractivity contribution in [3.05, 3.63) is 63.1 Å². The van der Waals surface area contributed by atoms with Gasteiger partial charge in [0.1, 0.15) is 5.82 Å². The van der Waals surface area contributed by atoms with E-state index in [2.05, 4.69) is 0 Å². The van der Waals surface area contributed by atoms with E-state index in [4.69, 9.17) is 0 Å². The maximum Gasteiger partial charge on any atom is 0.186 e. The van der Waals surface area contributed by atoms with Crippen LogP contribution in [0.15, 0.2) is 36.4 Å². The number of hydrogen-bond donors (Lipinski definition) is 0. The van der Waals surface area contributed by atoms with Gasteiger partial charge in [0.2, 0.25) is 0 Å². The Kier molecular flexibility index (Phi) is 3.72. The van der Waals surface area contributed by atoms with Gasteiger partial charge in [-0.05, 0) is 43.7 Å². The average Bonchev–Trinajstić information content (AvgIpc) is 2.66. The van der Waals surface area contributed by atoms with Crippen LogP contribution >= 0.6 is 11.3 Å². The molecule has 0 unspecified atom stereocenters. The highest BCUT2D eigenvalue weighted by atomic mass is 32.1. The summed E-state index contributed by atoms with van der Waals surface area (Å²) in [6, 6.07) is 8.05. The van der Waals surface area contributed by atoms with Gasteiger partial charge in [-0.1, -0.05) is 18.2 Å². The Balaban J connectivity index is 2.19. The number of thiophene rings is 1. The number of aryl methyl sites for hydroxylation is 2. The summed E-state index contributed by atoms with van der Waals surface area (Å²) in [7, 11) is 0. The van der Waals surface area contributed by atoms with Gasteiger partial charge in [0.25, 0.3) is 0 Å². The molecule has 1 aromatic carbocycles. The van der Waals surface area contributed by atoms with Gasteiger partial charge in [0, 0.05) is 15.3 Å². The molecule has 2 rings (SSSR count). The van der Waals surface area contributed by atoms with Gasteiger partial charge in [-0.15, -0.1) is 11.3 Å². The van der Waals surface area contributed by atoms with Crippen LogP contribution in [-0.4, -0.2) is 5.78 Å². The molecule has 0 aliphatic carbocycles. The molecule has 0 radical (unpaired) electrons. The molecule has 1 nitrogen and oxygen atoms in total. The van der Waals surface area contributed by atoms with E-state index in [1.54, 1.807) is 29.5 Å². The highest BCUT2D eigenvalue weighted by Gasteiger charge is 2.08.